The summed E-state index contributed by atoms with van der Waals surface area (Å²) in [5.74, 6) is 2.34. The average molecular weight is 500 g/mol. The van der Waals surface area contributed by atoms with Gasteiger partial charge in [0.1, 0.15) is 18.5 Å². The second-order valence-corrected chi connectivity index (χ2v) is 9.87. The highest BCUT2D eigenvalue weighted by Gasteiger charge is 2.18. The maximum absolute atomic E-state index is 10.4. The molecule has 1 atom stereocenters. The van der Waals surface area contributed by atoms with Crippen molar-refractivity contribution in [2.75, 3.05) is 19.9 Å². The van der Waals surface area contributed by atoms with Gasteiger partial charge in [-0.15, -0.1) is 0 Å². The Balaban J connectivity index is 1.33. The summed E-state index contributed by atoms with van der Waals surface area (Å²) in [7, 11) is 0. The van der Waals surface area contributed by atoms with Crippen molar-refractivity contribution in [3.05, 3.63) is 89.5 Å². The number of aliphatic hydroxyl groups excluding tert-OH is 1. The number of fused-ring (bicyclic) bond motifs is 1. The molecule has 5 nitrogen and oxygen atoms in total. The van der Waals surface area contributed by atoms with Crippen LogP contribution in [0.4, 0.5) is 0 Å². The van der Waals surface area contributed by atoms with Gasteiger partial charge in [-0.05, 0) is 71.4 Å². The van der Waals surface area contributed by atoms with E-state index < -0.39 is 6.10 Å². The zero-order chi connectivity index (χ0) is 25.5. The van der Waals surface area contributed by atoms with E-state index in [-0.39, 0.29) is 13.4 Å². The Hall–Kier alpha value is -3.28. The molecule has 37 heavy (non-hydrogen) atoms. The first-order valence-electron chi connectivity index (χ1n) is 13.5. The van der Waals surface area contributed by atoms with E-state index in [1.54, 1.807) is 0 Å². The normalized spacial score (nSPS) is 16.8. The standard InChI is InChI=1S/C32H37NO4/c1-2-29(25-15-18-30-31(19-25)37-22-36-30)32(23-9-5-3-6-10-23)24-13-16-28(17-14-24)35-21-27(34)20-33-26-11-7-4-8-12-26/h3,5-6,9-10,13-19,26-27,33-34H,2,4,7-8,11-12,20-22H2,1H3/b32-29-. The largest absolute Gasteiger partial charge is 0.491 e. The van der Waals surface area contributed by atoms with Crippen LogP contribution in [0.25, 0.3) is 11.1 Å². The Morgan fingerprint density at radius 2 is 1.59 bits per heavy atom. The number of allylic oxidation sites excluding steroid dienone is 1. The summed E-state index contributed by atoms with van der Waals surface area (Å²) in [6.45, 7) is 3.29. The molecule has 1 aliphatic heterocycles. The second kappa shape index (κ2) is 12.3. The van der Waals surface area contributed by atoms with E-state index in [4.69, 9.17) is 14.2 Å². The summed E-state index contributed by atoms with van der Waals surface area (Å²) < 4.78 is 17.1. The van der Waals surface area contributed by atoms with Crippen LogP contribution in [0.1, 0.15) is 62.1 Å². The summed E-state index contributed by atoms with van der Waals surface area (Å²) in [5.41, 5.74) is 5.83. The average Bonchev–Trinajstić information content (AvgIpc) is 3.43. The van der Waals surface area contributed by atoms with Crippen molar-refractivity contribution in [3.63, 3.8) is 0 Å². The van der Waals surface area contributed by atoms with Gasteiger partial charge in [-0.1, -0.05) is 74.7 Å². The predicted molar refractivity (Wildman–Crippen MR) is 148 cm³/mol. The molecule has 1 saturated carbocycles. The summed E-state index contributed by atoms with van der Waals surface area (Å²) in [5, 5.41) is 13.9. The molecule has 1 heterocycles. The highest BCUT2D eigenvalue weighted by atomic mass is 16.7. The van der Waals surface area contributed by atoms with Crippen LogP contribution in [0.15, 0.2) is 72.8 Å². The quantitative estimate of drug-likeness (QED) is 0.314. The minimum Gasteiger partial charge on any atom is -0.491 e. The lowest BCUT2D eigenvalue weighted by molar-refractivity contribution is 0.102. The third-order valence-electron chi connectivity index (χ3n) is 7.27. The van der Waals surface area contributed by atoms with Crippen molar-refractivity contribution in [1.82, 2.24) is 5.32 Å². The van der Waals surface area contributed by atoms with Gasteiger partial charge in [0.25, 0.3) is 0 Å². The topological polar surface area (TPSA) is 60.0 Å². The summed E-state index contributed by atoms with van der Waals surface area (Å²) in [6, 6.07) is 25.4. The Kier molecular flexibility index (Phi) is 8.44. The van der Waals surface area contributed by atoms with E-state index in [2.05, 4.69) is 60.8 Å². The lowest BCUT2D eigenvalue weighted by atomic mass is 9.88. The second-order valence-electron chi connectivity index (χ2n) is 9.87. The monoisotopic (exact) mass is 499 g/mol. The van der Waals surface area contributed by atoms with E-state index >= 15 is 0 Å². The maximum atomic E-state index is 10.4. The minimum atomic E-state index is -0.529. The molecular weight excluding hydrogens is 462 g/mol. The summed E-state index contributed by atoms with van der Waals surface area (Å²) in [6.07, 6.45) is 6.64. The van der Waals surface area contributed by atoms with Crippen LogP contribution in [0.2, 0.25) is 0 Å². The zero-order valence-corrected chi connectivity index (χ0v) is 21.6. The van der Waals surface area contributed by atoms with Gasteiger partial charge in [-0.3, -0.25) is 0 Å². The van der Waals surface area contributed by atoms with Crippen molar-refractivity contribution in [2.45, 2.75) is 57.6 Å². The molecular formula is C32H37NO4. The van der Waals surface area contributed by atoms with Gasteiger partial charge < -0.3 is 24.6 Å². The first kappa shape index (κ1) is 25.4. The Morgan fingerprint density at radius 1 is 0.892 bits per heavy atom. The van der Waals surface area contributed by atoms with Crippen LogP contribution in [-0.4, -0.2) is 37.2 Å². The maximum Gasteiger partial charge on any atom is 0.231 e. The SMILES string of the molecule is CC/C(=C(\c1ccccc1)c1ccc(OCC(O)CNC2CCCCC2)cc1)c1ccc2c(c1)OCO2. The lowest BCUT2D eigenvalue weighted by Crippen LogP contribution is -2.38. The van der Waals surface area contributed by atoms with E-state index in [9.17, 15) is 5.11 Å². The van der Waals surface area contributed by atoms with Crippen molar-refractivity contribution >= 4 is 11.1 Å². The zero-order valence-electron chi connectivity index (χ0n) is 21.6. The molecule has 0 aromatic heterocycles. The molecule has 3 aromatic carbocycles. The fourth-order valence-electron chi connectivity index (χ4n) is 5.31. The number of aliphatic hydroxyl groups is 1. The smallest absolute Gasteiger partial charge is 0.231 e. The van der Waals surface area contributed by atoms with Gasteiger partial charge in [-0.2, -0.15) is 0 Å². The number of hydrogen-bond acceptors (Lipinski definition) is 5. The number of nitrogens with one attached hydrogen (secondary N) is 1. The van der Waals surface area contributed by atoms with E-state index in [1.807, 2.05) is 24.3 Å². The Labute approximate surface area is 220 Å². The molecule has 0 spiro atoms. The molecule has 5 rings (SSSR count). The van der Waals surface area contributed by atoms with Crippen molar-refractivity contribution in [1.29, 1.82) is 0 Å². The molecule has 0 saturated heterocycles. The third-order valence-corrected chi connectivity index (χ3v) is 7.27. The molecule has 1 aliphatic carbocycles. The molecule has 2 aliphatic rings. The van der Waals surface area contributed by atoms with Crippen molar-refractivity contribution in [3.8, 4) is 17.2 Å². The van der Waals surface area contributed by atoms with E-state index in [1.165, 1.54) is 43.3 Å². The van der Waals surface area contributed by atoms with Gasteiger partial charge in [0, 0.05) is 12.6 Å². The van der Waals surface area contributed by atoms with Crippen molar-refractivity contribution in [2.24, 2.45) is 0 Å². The van der Waals surface area contributed by atoms with Gasteiger partial charge in [-0.25, -0.2) is 0 Å². The molecule has 0 bridgehead atoms. The fraction of sp³-hybridized carbons (Fsp3) is 0.375. The Morgan fingerprint density at radius 3 is 2.35 bits per heavy atom. The molecule has 0 amide bonds. The van der Waals surface area contributed by atoms with Crippen LogP contribution in [0.3, 0.4) is 0 Å². The number of benzene rings is 3. The summed E-state index contributed by atoms with van der Waals surface area (Å²) in [4.78, 5) is 0. The van der Waals surface area contributed by atoms with Gasteiger partial charge in [0.05, 0.1) is 0 Å². The predicted octanol–water partition coefficient (Wildman–Crippen LogP) is 6.45. The van der Waals surface area contributed by atoms with E-state index in [0.717, 1.165) is 40.4 Å². The lowest BCUT2D eigenvalue weighted by Gasteiger charge is -2.24. The fourth-order valence-corrected chi connectivity index (χ4v) is 5.31. The van der Waals surface area contributed by atoms with Crippen LogP contribution in [-0.2, 0) is 0 Å². The first-order chi connectivity index (χ1) is 18.2. The Bertz CT molecular complexity index is 1180. The molecule has 0 radical (unpaired) electrons. The molecule has 3 aromatic rings. The molecule has 2 N–H and O–H groups in total. The van der Waals surface area contributed by atoms with Crippen molar-refractivity contribution < 1.29 is 19.3 Å². The highest BCUT2D eigenvalue weighted by Crippen LogP contribution is 2.39. The molecule has 1 unspecified atom stereocenters. The van der Waals surface area contributed by atoms with Gasteiger partial charge in [0.2, 0.25) is 6.79 Å². The van der Waals surface area contributed by atoms with Crippen LogP contribution in [0, 0.1) is 0 Å². The van der Waals surface area contributed by atoms with Gasteiger partial charge >= 0.3 is 0 Å². The number of rotatable bonds is 10. The molecule has 5 heteroatoms. The summed E-state index contributed by atoms with van der Waals surface area (Å²) >= 11 is 0. The minimum absolute atomic E-state index is 0.266. The van der Waals surface area contributed by atoms with Crippen LogP contribution < -0.4 is 19.5 Å². The van der Waals surface area contributed by atoms with E-state index in [0.29, 0.717) is 12.6 Å². The van der Waals surface area contributed by atoms with Crippen LogP contribution in [0.5, 0.6) is 17.2 Å². The molecule has 194 valence electrons. The first-order valence-corrected chi connectivity index (χ1v) is 13.5. The third kappa shape index (κ3) is 6.35. The number of ether oxygens (including phenoxy) is 3. The number of hydrogen-bond donors (Lipinski definition) is 2. The highest BCUT2D eigenvalue weighted by molar-refractivity contribution is 5.98. The van der Waals surface area contributed by atoms with Gasteiger partial charge in [0.15, 0.2) is 11.5 Å². The van der Waals surface area contributed by atoms with Crippen LogP contribution >= 0.6 is 0 Å². The molecule has 1 fully saturated rings.